The van der Waals surface area contributed by atoms with Gasteiger partial charge in [-0.05, 0) is 32.6 Å². The summed E-state index contributed by atoms with van der Waals surface area (Å²) in [7, 11) is 0. The molecule has 1 saturated carbocycles. The second-order valence-electron chi connectivity index (χ2n) is 4.53. The maximum atomic E-state index is 4.16. The van der Waals surface area contributed by atoms with E-state index < -0.39 is 0 Å². The highest BCUT2D eigenvalue weighted by molar-refractivity contribution is 4.94. The van der Waals surface area contributed by atoms with E-state index in [9.17, 15) is 0 Å². The predicted octanol–water partition coefficient (Wildman–Crippen LogP) is 2.06. The fourth-order valence-electron chi connectivity index (χ4n) is 1.79. The van der Waals surface area contributed by atoms with Crippen LogP contribution in [-0.4, -0.2) is 20.8 Å². The molecule has 1 fully saturated rings. The van der Waals surface area contributed by atoms with Crippen molar-refractivity contribution < 1.29 is 0 Å². The highest BCUT2D eigenvalue weighted by Crippen LogP contribution is 2.35. The van der Waals surface area contributed by atoms with Crippen LogP contribution in [0.25, 0.3) is 0 Å². The van der Waals surface area contributed by atoms with Crippen LogP contribution in [0.1, 0.15) is 44.5 Å². The minimum Gasteiger partial charge on any atom is -0.313 e. The van der Waals surface area contributed by atoms with Gasteiger partial charge in [-0.15, -0.1) is 16.8 Å². The van der Waals surface area contributed by atoms with Crippen LogP contribution in [0.15, 0.2) is 19.0 Å². The highest BCUT2D eigenvalue weighted by Gasteiger charge is 2.25. The van der Waals surface area contributed by atoms with E-state index in [1.54, 1.807) is 0 Å². The average Bonchev–Trinajstić information content (AvgIpc) is 3.03. The van der Waals surface area contributed by atoms with Gasteiger partial charge < -0.3 is 9.88 Å². The molecule has 0 spiro atoms. The van der Waals surface area contributed by atoms with Crippen LogP contribution in [0.5, 0.6) is 0 Å². The van der Waals surface area contributed by atoms with Gasteiger partial charge in [0, 0.05) is 12.1 Å². The topological polar surface area (TPSA) is 42.7 Å². The molecule has 1 aliphatic carbocycles. The normalized spacial score (nSPS) is 17.3. The summed E-state index contributed by atoms with van der Waals surface area (Å²) >= 11 is 0. The van der Waals surface area contributed by atoms with Gasteiger partial charge in [0.15, 0.2) is 0 Å². The fraction of sp³-hybridized carbons (Fsp3) is 0.667. The van der Waals surface area contributed by atoms with E-state index in [-0.39, 0.29) is 0 Å². The van der Waals surface area contributed by atoms with Crippen molar-refractivity contribution in [2.24, 2.45) is 0 Å². The van der Waals surface area contributed by atoms with Crippen molar-refractivity contribution in [3.05, 3.63) is 24.8 Å². The van der Waals surface area contributed by atoms with Crippen LogP contribution in [0.3, 0.4) is 0 Å². The Balaban J connectivity index is 1.79. The number of nitrogens with one attached hydrogen (secondary N) is 1. The number of rotatable bonds is 7. The first-order chi connectivity index (χ1) is 7.81. The van der Waals surface area contributed by atoms with Crippen molar-refractivity contribution in [2.45, 2.75) is 51.2 Å². The monoisotopic (exact) mass is 220 g/mol. The van der Waals surface area contributed by atoms with E-state index in [4.69, 9.17) is 0 Å². The van der Waals surface area contributed by atoms with Crippen molar-refractivity contribution in [2.75, 3.05) is 0 Å². The lowest BCUT2D eigenvalue weighted by atomic mass is 10.2. The third-order valence-corrected chi connectivity index (χ3v) is 3.00. The van der Waals surface area contributed by atoms with Crippen LogP contribution < -0.4 is 5.32 Å². The molecule has 1 N–H and O–H groups in total. The first kappa shape index (κ1) is 11.3. The van der Waals surface area contributed by atoms with Gasteiger partial charge in [-0.2, -0.15) is 0 Å². The quantitative estimate of drug-likeness (QED) is 0.715. The Morgan fingerprint density at radius 1 is 1.69 bits per heavy atom. The maximum Gasteiger partial charge on any atom is 0.147 e. The Kier molecular flexibility index (Phi) is 3.72. The molecule has 2 rings (SSSR count). The lowest BCUT2D eigenvalue weighted by Gasteiger charge is -2.12. The van der Waals surface area contributed by atoms with Crippen LogP contribution in [0, 0.1) is 0 Å². The molecular formula is C12H20N4. The molecule has 1 aromatic heterocycles. The van der Waals surface area contributed by atoms with Gasteiger partial charge in [0.2, 0.25) is 0 Å². The Bertz CT molecular complexity index is 341. The number of hydrogen-bond donors (Lipinski definition) is 1. The van der Waals surface area contributed by atoms with Gasteiger partial charge in [-0.1, -0.05) is 6.08 Å². The van der Waals surface area contributed by atoms with E-state index in [1.807, 2.05) is 12.4 Å². The van der Waals surface area contributed by atoms with Gasteiger partial charge in [-0.3, -0.25) is 0 Å². The fourth-order valence-corrected chi connectivity index (χ4v) is 1.79. The van der Waals surface area contributed by atoms with Gasteiger partial charge in [0.05, 0.1) is 6.54 Å². The Morgan fingerprint density at radius 3 is 3.19 bits per heavy atom. The Morgan fingerprint density at radius 2 is 2.50 bits per heavy atom. The summed E-state index contributed by atoms with van der Waals surface area (Å²) in [5.74, 6) is 1.06. The molecule has 1 heterocycles. The van der Waals surface area contributed by atoms with Crippen molar-refractivity contribution in [1.82, 2.24) is 20.1 Å². The van der Waals surface area contributed by atoms with Crippen molar-refractivity contribution in [3.8, 4) is 0 Å². The summed E-state index contributed by atoms with van der Waals surface area (Å²) in [4.78, 5) is 0. The van der Waals surface area contributed by atoms with E-state index in [2.05, 4.69) is 33.6 Å². The molecule has 0 saturated heterocycles. The lowest BCUT2D eigenvalue weighted by molar-refractivity contribution is 0.496. The minimum absolute atomic E-state index is 0.502. The first-order valence-electron chi connectivity index (χ1n) is 6.04. The lowest BCUT2D eigenvalue weighted by Crippen LogP contribution is -2.26. The molecule has 1 aliphatic rings. The van der Waals surface area contributed by atoms with Gasteiger partial charge >= 0.3 is 0 Å². The van der Waals surface area contributed by atoms with Crippen LogP contribution in [-0.2, 0) is 6.54 Å². The molecule has 4 heteroatoms. The Hall–Kier alpha value is -1.16. The highest BCUT2D eigenvalue weighted by atomic mass is 15.3. The van der Waals surface area contributed by atoms with Crippen molar-refractivity contribution in [3.63, 3.8) is 0 Å². The van der Waals surface area contributed by atoms with Gasteiger partial charge in [0.25, 0.3) is 0 Å². The summed E-state index contributed by atoms with van der Waals surface area (Å²) in [6, 6.07) is 1.16. The summed E-state index contributed by atoms with van der Waals surface area (Å²) in [6.45, 7) is 6.74. The summed E-state index contributed by atoms with van der Waals surface area (Å²) in [5, 5.41) is 11.6. The second kappa shape index (κ2) is 5.25. The minimum atomic E-state index is 0.502. The van der Waals surface area contributed by atoms with Crippen molar-refractivity contribution in [1.29, 1.82) is 0 Å². The van der Waals surface area contributed by atoms with E-state index >= 15 is 0 Å². The van der Waals surface area contributed by atoms with Crippen LogP contribution >= 0.6 is 0 Å². The third-order valence-electron chi connectivity index (χ3n) is 3.00. The van der Waals surface area contributed by atoms with E-state index in [0.717, 1.165) is 25.2 Å². The molecule has 0 aliphatic heterocycles. The zero-order valence-corrected chi connectivity index (χ0v) is 9.89. The first-order valence-corrected chi connectivity index (χ1v) is 6.04. The number of hydrogen-bond acceptors (Lipinski definition) is 3. The third kappa shape index (κ3) is 2.92. The molecule has 0 radical (unpaired) electrons. The summed E-state index contributed by atoms with van der Waals surface area (Å²) < 4.78 is 2.20. The molecule has 1 unspecified atom stereocenters. The molecule has 88 valence electrons. The summed E-state index contributed by atoms with van der Waals surface area (Å²) in [5.41, 5.74) is 0. The van der Waals surface area contributed by atoms with Crippen molar-refractivity contribution >= 4 is 0 Å². The molecule has 1 atom stereocenters. The van der Waals surface area contributed by atoms with Crippen LogP contribution in [0.4, 0.5) is 0 Å². The average molecular weight is 220 g/mol. The molecule has 16 heavy (non-hydrogen) atoms. The van der Waals surface area contributed by atoms with Gasteiger partial charge in [0.1, 0.15) is 12.2 Å². The largest absolute Gasteiger partial charge is 0.313 e. The van der Waals surface area contributed by atoms with Gasteiger partial charge in [-0.25, -0.2) is 0 Å². The molecule has 0 aromatic carbocycles. The zero-order chi connectivity index (χ0) is 11.4. The van der Waals surface area contributed by atoms with Crippen LogP contribution in [0.2, 0.25) is 0 Å². The molecule has 0 amide bonds. The maximum absolute atomic E-state index is 4.16. The number of aromatic nitrogens is 3. The zero-order valence-electron chi connectivity index (χ0n) is 9.89. The summed E-state index contributed by atoms with van der Waals surface area (Å²) in [6.07, 6.45) is 8.55. The Labute approximate surface area is 96.8 Å². The number of nitrogens with zero attached hydrogens (tertiary/aromatic N) is 3. The van der Waals surface area contributed by atoms with E-state index in [0.29, 0.717) is 12.1 Å². The predicted molar refractivity (Wildman–Crippen MR) is 64.0 cm³/mol. The molecular weight excluding hydrogens is 200 g/mol. The smallest absolute Gasteiger partial charge is 0.147 e. The SMILES string of the molecule is C=CCCC(C)NCc1nncn1C1CC1. The molecule has 4 nitrogen and oxygen atoms in total. The molecule has 1 aromatic rings. The standard InChI is InChI=1S/C12H20N4/c1-3-4-5-10(2)13-8-12-15-14-9-16(12)11-6-7-11/h3,9-11,13H,1,4-8H2,2H3. The van der Waals surface area contributed by atoms with E-state index in [1.165, 1.54) is 12.8 Å². The molecule has 0 bridgehead atoms. The second-order valence-corrected chi connectivity index (χ2v) is 4.53. The number of allylic oxidation sites excluding steroid dienone is 1.